The minimum Gasteiger partial charge on any atom is -0.304 e. The van der Waals surface area contributed by atoms with Gasteiger partial charge >= 0.3 is 0 Å². The SMILES string of the molecule is [2H]C([2H])([2H])c1c[c-]c(-c2cc(C)c(-c3cc([N+]#[C-])ccc3C)cn2)cc1-c1ccccc1.[Ir]. The second-order valence-electron chi connectivity index (χ2n) is 7.04. The zero-order valence-corrected chi connectivity index (χ0v) is 19.1. The van der Waals surface area contributed by atoms with E-state index in [9.17, 15) is 0 Å². The predicted molar refractivity (Wildman–Crippen MR) is 120 cm³/mol. The molecule has 0 saturated carbocycles. The van der Waals surface area contributed by atoms with Crippen LogP contribution in [-0.4, -0.2) is 4.98 Å². The van der Waals surface area contributed by atoms with E-state index in [0.717, 1.165) is 39.1 Å². The molecule has 0 fully saturated rings. The Morgan fingerprint density at radius 2 is 1.70 bits per heavy atom. The molecular weight excluding hydrogens is 545 g/mol. The van der Waals surface area contributed by atoms with E-state index in [-0.39, 0.29) is 25.7 Å². The summed E-state index contributed by atoms with van der Waals surface area (Å²) in [5.41, 5.74) is 7.88. The maximum Gasteiger partial charge on any atom is 0.187 e. The molecule has 0 aliphatic carbocycles. The van der Waals surface area contributed by atoms with Crippen LogP contribution in [0.1, 0.15) is 20.8 Å². The Bertz CT molecular complexity index is 1340. The van der Waals surface area contributed by atoms with Crippen molar-refractivity contribution < 1.29 is 24.2 Å². The van der Waals surface area contributed by atoms with Gasteiger partial charge in [-0.3, -0.25) is 0 Å². The Labute approximate surface area is 196 Å². The average Bonchev–Trinajstić information content (AvgIpc) is 2.79. The molecule has 0 aliphatic rings. The Kier molecular flexibility index (Phi) is 5.44. The van der Waals surface area contributed by atoms with Gasteiger partial charge in [-0.05, 0) is 47.9 Å². The molecule has 1 aromatic heterocycles. The number of hydrogen-bond donors (Lipinski definition) is 0. The van der Waals surface area contributed by atoms with Crippen LogP contribution in [0.3, 0.4) is 0 Å². The molecule has 4 aromatic rings. The van der Waals surface area contributed by atoms with Gasteiger partial charge in [-0.25, -0.2) is 4.85 Å². The first-order chi connectivity index (χ1) is 15.3. The van der Waals surface area contributed by atoms with E-state index in [1.165, 1.54) is 0 Å². The van der Waals surface area contributed by atoms with Crippen molar-refractivity contribution in [3.63, 3.8) is 0 Å². The Morgan fingerprint density at radius 1 is 0.900 bits per heavy atom. The number of hydrogen-bond acceptors (Lipinski definition) is 1. The van der Waals surface area contributed by atoms with Crippen LogP contribution < -0.4 is 0 Å². The van der Waals surface area contributed by atoms with Gasteiger partial charge in [0.2, 0.25) is 0 Å². The van der Waals surface area contributed by atoms with Crippen molar-refractivity contribution in [2.24, 2.45) is 0 Å². The second kappa shape index (κ2) is 9.18. The van der Waals surface area contributed by atoms with Gasteiger partial charge in [-0.15, -0.1) is 29.3 Å². The van der Waals surface area contributed by atoms with Crippen LogP contribution in [0.15, 0.2) is 72.9 Å². The quantitative estimate of drug-likeness (QED) is 0.236. The minimum atomic E-state index is -2.24. The molecule has 3 heteroatoms. The molecule has 1 heterocycles. The fourth-order valence-corrected chi connectivity index (χ4v) is 3.45. The summed E-state index contributed by atoms with van der Waals surface area (Å²) < 4.78 is 23.8. The third-order valence-corrected chi connectivity index (χ3v) is 5.06. The van der Waals surface area contributed by atoms with Gasteiger partial charge in [-0.2, -0.15) is 0 Å². The van der Waals surface area contributed by atoms with Crippen LogP contribution in [0, 0.1) is 33.3 Å². The van der Waals surface area contributed by atoms with Crippen LogP contribution in [0.25, 0.3) is 38.4 Å². The van der Waals surface area contributed by atoms with Crippen molar-refractivity contribution in [1.82, 2.24) is 4.98 Å². The van der Waals surface area contributed by atoms with Gasteiger partial charge in [0.25, 0.3) is 0 Å². The number of rotatable bonds is 3. The van der Waals surface area contributed by atoms with Gasteiger partial charge in [0.15, 0.2) is 5.69 Å². The third kappa shape index (κ3) is 4.26. The van der Waals surface area contributed by atoms with E-state index in [1.54, 1.807) is 6.07 Å². The monoisotopic (exact) mass is 569 g/mol. The largest absolute Gasteiger partial charge is 0.304 e. The molecular formula is C27H21IrN2-. The first kappa shape index (κ1) is 17.8. The van der Waals surface area contributed by atoms with Gasteiger partial charge in [0, 0.05) is 36.0 Å². The van der Waals surface area contributed by atoms with Crippen LogP contribution >= 0.6 is 0 Å². The van der Waals surface area contributed by atoms with Crippen molar-refractivity contribution in [2.45, 2.75) is 20.7 Å². The van der Waals surface area contributed by atoms with Crippen LogP contribution in [0.2, 0.25) is 0 Å². The zero-order chi connectivity index (χ0) is 22.9. The summed E-state index contributed by atoms with van der Waals surface area (Å²) in [5, 5.41) is 0. The minimum absolute atomic E-state index is 0. The molecule has 0 aliphatic heterocycles. The second-order valence-corrected chi connectivity index (χ2v) is 7.04. The fraction of sp³-hybridized carbons (Fsp3) is 0.111. The summed E-state index contributed by atoms with van der Waals surface area (Å²) in [6.45, 7) is 9.08. The average molecular weight is 569 g/mol. The molecule has 0 bridgehead atoms. The topological polar surface area (TPSA) is 17.2 Å². The number of pyridine rings is 1. The third-order valence-electron chi connectivity index (χ3n) is 5.06. The molecule has 4 rings (SSSR count). The van der Waals surface area contributed by atoms with Gasteiger partial charge in [0.1, 0.15) is 0 Å². The van der Waals surface area contributed by atoms with E-state index in [0.29, 0.717) is 11.3 Å². The molecule has 0 amide bonds. The van der Waals surface area contributed by atoms with E-state index in [2.05, 4.69) is 15.9 Å². The van der Waals surface area contributed by atoms with Gasteiger partial charge in [-0.1, -0.05) is 60.9 Å². The maximum absolute atomic E-state index is 7.93. The summed E-state index contributed by atoms with van der Waals surface area (Å²) in [7, 11) is 0. The zero-order valence-electron chi connectivity index (χ0n) is 19.7. The molecule has 1 radical (unpaired) electrons. The van der Waals surface area contributed by atoms with Gasteiger partial charge < -0.3 is 4.98 Å². The first-order valence-corrected chi connectivity index (χ1v) is 9.35. The molecule has 149 valence electrons. The Balaban J connectivity index is 0.00000306. The van der Waals surface area contributed by atoms with Crippen LogP contribution in [0.5, 0.6) is 0 Å². The van der Waals surface area contributed by atoms with Crippen molar-refractivity contribution in [2.75, 3.05) is 0 Å². The summed E-state index contributed by atoms with van der Waals surface area (Å²) in [5.74, 6) is 0. The number of aromatic nitrogens is 1. The molecule has 3 aromatic carbocycles. The molecule has 0 atom stereocenters. The smallest absolute Gasteiger partial charge is 0.187 e. The summed E-state index contributed by atoms with van der Waals surface area (Å²) in [6, 6.07) is 23.7. The van der Waals surface area contributed by atoms with E-state index in [4.69, 9.17) is 10.7 Å². The summed E-state index contributed by atoms with van der Waals surface area (Å²) >= 11 is 0. The number of aryl methyl sites for hydroxylation is 3. The van der Waals surface area contributed by atoms with E-state index < -0.39 is 6.85 Å². The van der Waals surface area contributed by atoms with E-state index >= 15 is 0 Å². The van der Waals surface area contributed by atoms with Crippen molar-refractivity contribution >= 4 is 5.69 Å². The maximum atomic E-state index is 7.93. The standard InChI is InChI=1S/C27H21N2.Ir/c1-18-10-12-22(15-24(18)21-8-6-5-7-9-21)27-14-20(3)26(17-29-27)25-16-23(28-4)13-11-19(25)2;/h5-11,13-17H,1-3H3;/q-1;/i1D3;. The van der Waals surface area contributed by atoms with Crippen LogP contribution in [0.4, 0.5) is 5.69 Å². The van der Waals surface area contributed by atoms with Gasteiger partial charge in [0.05, 0.1) is 6.57 Å². The molecule has 0 spiro atoms. The van der Waals surface area contributed by atoms with Crippen molar-refractivity contribution in [3.05, 3.63) is 107 Å². The number of benzene rings is 3. The Hall–Kier alpha value is -3.05. The predicted octanol–water partition coefficient (Wildman–Crippen LogP) is 7.36. The molecule has 2 nitrogen and oxygen atoms in total. The Morgan fingerprint density at radius 3 is 2.40 bits per heavy atom. The molecule has 0 N–H and O–H groups in total. The van der Waals surface area contributed by atoms with Crippen molar-refractivity contribution in [3.8, 4) is 33.5 Å². The molecule has 0 saturated heterocycles. The van der Waals surface area contributed by atoms with E-state index in [1.807, 2.05) is 80.7 Å². The van der Waals surface area contributed by atoms with Crippen molar-refractivity contribution in [1.29, 1.82) is 0 Å². The fourth-order valence-electron chi connectivity index (χ4n) is 3.45. The summed E-state index contributed by atoms with van der Waals surface area (Å²) in [4.78, 5) is 8.20. The first-order valence-electron chi connectivity index (χ1n) is 10.8. The van der Waals surface area contributed by atoms with Crippen LogP contribution in [-0.2, 0) is 20.1 Å². The summed E-state index contributed by atoms with van der Waals surface area (Å²) in [6.07, 6.45) is 1.81. The molecule has 30 heavy (non-hydrogen) atoms. The number of nitrogens with zero attached hydrogens (tertiary/aromatic N) is 2. The normalized spacial score (nSPS) is 12.1. The molecule has 0 unspecified atom stereocenters.